The number of rotatable bonds is 2. The van der Waals surface area contributed by atoms with Gasteiger partial charge >= 0.3 is 0 Å². The molecule has 3 heteroatoms. The number of hydrogen-bond acceptors (Lipinski definition) is 1. The summed E-state index contributed by atoms with van der Waals surface area (Å²) in [5.74, 6) is 0. The van der Waals surface area contributed by atoms with Gasteiger partial charge in [-0.15, -0.1) is 0 Å². The minimum Gasteiger partial charge on any atom is -0.210 e. The zero-order valence-corrected chi connectivity index (χ0v) is 6.30. The summed E-state index contributed by atoms with van der Waals surface area (Å²) in [7, 11) is 0. The molecule has 0 aromatic heterocycles. The molecule has 12 heavy (non-hydrogen) atoms. The molecule has 1 aromatic rings. The van der Waals surface area contributed by atoms with Crippen LogP contribution < -0.4 is 0 Å². The van der Waals surface area contributed by atoms with E-state index in [1.807, 2.05) is 6.07 Å². The molecule has 0 aliphatic heterocycles. The van der Waals surface area contributed by atoms with Crippen LogP contribution in [0.5, 0.6) is 0 Å². The third kappa shape index (κ3) is 2.03. The van der Waals surface area contributed by atoms with Crippen LogP contribution >= 0.6 is 0 Å². The van der Waals surface area contributed by atoms with Crippen molar-refractivity contribution < 1.29 is 8.78 Å². The lowest BCUT2D eigenvalue weighted by atomic mass is 10.1. The van der Waals surface area contributed by atoms with Crippen LogP contribution in [0.3, 0.4) is 0 Å². The zero-order chi connectivity index (χ0) is 8.97. The molecule has 0 saturated carbocycles. The van der Waals surface area contributed by atoms with Gasteiger partial charge in [-0.05, 0) is 11.6 Å². The van der Waals surface area contributed by atoms with E-state index < -0.39 is 6.43 Å². The first kappa shape index (κ1) is 8.66. The van der Waals surface area contributed by atoms with Crippen molar-refractivity contribution in [3.63, 3.8) is 0 Å². The van der Waals surface area contributed by atoms with Gasteiger partial charge in [0, 0.05) is 6.42 Å². The zero-order valence-electron chi connectivity index (χ0n) is 6.30. The number of nitriles is 1. The van der Waals surface area contributed by atoms with Crippen molar-refractivity contribution in [3.05, 3.63) is 35.4 Å². The van der Waals surface area contributed by atoms with Crippen molar-refractivity contribution in [1.82, 2.24) is 0 Å². The van der Waals surface area contributed by atoms with E-state index in [0.717, 1.165) is 0 Å². The monoisotopic (exact) mass is 167 g/mol. The summed E-state index contributed by atoms with van der Waals surface area (Å²) in [5.41, 5.74) is 0.743. The Labute approximate surface area is 69.2 Å². The Morgan fingerprint density at radius 1 is 1.33 bits per heavy atom. The predicted molar refractivity (Wildman–Crippen MR) is 40.9 cm³/mol. The van der Waals surface area contributed by atoms with Crippen LogP contribution in [-0.2, 0) is 6.42 Å². The van der Waals surface area contributed by atoms with Gasteiger partial charge in [-0.3, -0.25) is 0 Å². The van der Waals surface area contributed by atoms with Gasteiger partial charge in [-0.2, -0.15) is 5.26 Å². The van der Waals surface area contributed by atoms with Gasteiger partial charge in [-0.25, -0.2) is 8.78 Å². The Balaban J connectivity index is 2.91. The molecule has 0 atom stereocenters. The van der Waals surface area contributed by atoms with E-state index in [9.17, 15) is 8.78 Å². The molecule has 0 fully saturated rings. The first-order valence-corrected chi connectivity index (χ1v) is 3.50. The van der Waals surface area contributed by atoms with Crippen molar-refractivity contribution in [3.8, 4) is 6.07 Å². The average Bonchev–Trinajstić information content (AvgIpc) is 2.04. The van der Waals surface area contributed by atoms with Gasteiger partial charge in [0.05, 0.1) is 11.6 Å². The van der Waals surface area contributed by atoms with Crippen molar-refractivity contribution in [2.75, 3.05) is 0 Å². The first-order valence-electron chi connectivity index (χ1n) is 3.50. The minimum absolute atomic E-state index is 0.331. The van der Waals surface area contributed by atoms with E-state index in [1.165, 1.54) is 6.07 Å². The lowest BCUT2D eigenvalue weighted by Gasteiger charge is -2.01. The van der Waals surface area contributed by atoms with E-state index in [-0.39, 0.29) is 6.42 Å². The first-order chi connectivity index (χ1) is 5.74. The summed E-state index contributed by atoms with van der Waals surface area (Å²) in [4.78, 5) is 0. The molecule has 0 radical (unpaired) electrons. The second kappa shape index (κ2) is 3.82. The van der Waals surface area contributed by atoms with Crippen molar-refractivity contribution in [2.45, 2.75) is 12.8 Å². The summed E-state index contributed by atoms with van der Waals surface area (Å²) < 4.78 is 23.9. The maximum atomic E-state index is 11.9. The lowest BCUT2D eigenvalue weighted by molar-refractivity contribution is 0.149. The Morgan fingerprint density at radius 3 is 2.58 bits per heavy atom. The van der Waals surface area contributed by atoms with Crippen LogP contribution in [0.1, 0.15) is 11.1 Å². The number of hydrogen-bond donors (Lipinski definition) is 0. The molecule has 0 aliphatic rings. The van der Waals surface area contributed by atoms with Crippen LogP contribution in [0.15, 0.2) is 24.3 Å². The molecule has 0 heterocycles. The molecular weight excluding hydrogens is 160 g/mol. The highest BCUT2D eigenvalue weighted by atomic mass is 19.3. The maximum absolute atomic E-state index is 11.9. The standard InChI is InChI=1S/C9H7F2N/c10-9(11)5-7-3-1-2-4-8(7)6-12/h1-4,9H,5H2. The molecule has 1 aromatic carbocycles. The summed E-state index contributed by atoms with van der Waals surface area (Å²) in [6.45, 7) is 0. The normalized spacial score (nSPS) is 9.83. The topological polar surface area (TPSA) is 23.8 Å². The van der Waals surface area contributed by atoms with Crippen molar-refractivity contribution >= 4 is 0 Å². The molecule has 0 unspecified atom stereocenters. The second-order valence-electron chi connectivity index (χ2n) is 2.36. The van der Waals surface area contributed by atoms with Crippen LogP contribution in [0, 0.1) is 11.3 Å². The molecule has 1 nitrogen and oxygen atoms in total. The van der Waals surface area contributed by atoms with Gasteiger partial charge < -0.3 is 0 Å². The van der Waals surface area contributed by atoms with Crippen molar-refractivity contribution in [2.24, 2.45) is 0 Å². The average molecular weight is 167 g/mol. The SMILES string of the molecule is N#Cc1ccccc1CC(F)F. The number of nitrogens with zero attached hydrogens (tertiary/aromatic N) is 1. The fourth-order valence-corrected chi connectivity index (χ4v) is 0.974. The Kier molecular flexibility index (Phi) is 2.76. The van der Waals surface area contributed by atoms with E-state index in [4.69, 9.17) is 5.26 Å². The van der Waals surface area contributed by atoms with Crippen LogP contribution in [0.25, 0.3) is 0 Å². The predicted octanol–water partition coefficient (Wildman–Crippen LogP) is 2.37. The summed E-state index contributed by atoms with van der Waals surface area (Å²) in [6.07, 6.45) is -2.73. The van der Waals surface area contributed by atoms with E-state index in [2.05, 4.69) is 0 Å². The second-order valence-corrected chi connectivity index (χ2v) is 2.36. The van der Waals surface area contributed by atoms with Crippen LogP contribution in [-0.4, -0.2) is 6.43 Å². The number of benzene rings is 1. The quantitative estimate of drug-likeness (QED) is 0.663. The minimum atomic E-state index is -2.39. The molecule has 62 valence electrons. The molecule has 0 spiro atoms. The van der Waals surface area contributed by atoms with Crippen LogP contribution in [0.2, 0.25) is 0 Å². The third-order valence-electron chi connectivity index (χ3n) is 1.51. The molecule has 0 amide bonds. The Morgan fingerprint density at radius 2 is 2.00 bits per heavy atom. The highest BCUT2D eigenvalue weighted by molar-refractivity contribution is 5.37. The summed E-state index contributed by atoms with van der Waals surface area (Å²) in [5, 5.41) is 8.54. The smallest absolute Gasteiger partial charge is 0.210 e. The Hall–Kier alpha value is -1.43. The highest BCUT2D eigenvalue weighted by Crippen LogP contribution is 2.11. The molecule has 0 saturated heterocycles. The summed E-state index contributed by atoms with van der Waals surface area (Å²) in [6, 6.07) is 8.26. The van der Waals surface area contributed by atoms with Gasteiger partial charge in [0.25, 0.3) is 0 Å². The van der Waals surface area contributed by atoms with E-state index >= 15 is 0 Å². The molecule has 0 aliphatic carbocycles. The third-order valence-corrected chi connectivity index (χ3v) is 1.51. The maximum Gasteiger partial charge on any atom is 0.242 e. The van der Waals surface area contributed by atoms with Crippen molar-refractivity contribution in [1.29, 1.82) is 5.26 Å². The van der Waals surface area contributed by atoms with E-state index in [1.54, 1.807) is 18.2 Å². The molecule has 0 N–H and O–H groups in total. The summed E-state index contributed by atoms with van der Waals surface area (Å²) >= 11 is 0. The number of halogens is 2. The lowest BCUT2D eigenvalue weighted by Crippen LogP contribution is -1.98. The van der Waals surface area contributed by atoms with Gasteiger partial charge in [-0.1, -0.05) is 18.2 Å². The highest BCUT2D eigenvalue weighted by Gasteiger charge is 2.07. The van der Waals surface area contributed by atoms with E-state index in [0.29, 0.717) is 11.1 Å². The molecule has 1 rings (SSSR count). The molecule has 0 bridgehead atoms. The fourth-order valence-electron chi connectivity index (χ4n) is 0.974. The number of alkyl halides is 2. The van der Waals surface area contributed by atoms with Gasteiger partial charge in [0.1, 0.15) is 0 Å². The van der Waals surface area contributed by atoms with Crippen LogP contribution in [0.4, 0.5) is 8.78 Å². The van der Waals surface area contributed by atoms with Gasteiger partial charge in [0.2, 0.25) is 6.43 Å². The van der Waals surface area contributed by atoms with Gasteiger partial charge in [0.15, 0.2) is 0 Å². The largest absolute Gasteiger partial charge is 0.242 e. The molecular formula is C9H7F2N. The fraction of sp³-hybridized carbons (Fsp3) is 0.222. The Bertz CT molecular complexity index is 302.